The van der Waals surface area contributed by atoms with Crippen LogP contribution in [0.5, 0.6) is 0 Å². The molecule has 0 unspecified atom stereocenters. The number of benzene rings is 1. The standard InChI is InChI=1S/C13H21NO2S/c1-13(2,3)11-14(4)17(15,16)10-12-8-6-5-7-9-12/h5-9H,10-11H2,1-4H3. The summed E-state index contributed by atoms with van der Waals surface area (Å²) in [5.74, 6) is 0.0699. The topological polar surface area (TPSA) is 37.4 Å². The Morgan fingerprint density at radius 1 is 1.12 bits per heavy atom. The molecule has 3 nitrogen and oxygen atoms in total. The van der Waals surface area contributed by atoms with Crippen molar-refractivity contribution in [3.8, 4) is 0 Å². The molecule has 1 aromatic rings. The van der Waals surface area contributed by atoms with Gasteiger partial charge in [-0.2, -0.15) is 0 Å². The van der Waals surface area contributed by atoms with Crippen molar-refractivity contribution in [2.24, 2.45) is 5.41 Å². The second-order valence-corrected chi connectivity index (χ2v) is 7.63. The summed E-state index contributed by atoms with van der Waals surface area (Å²) in [5, 5.41) is 0. The van der Waals surface area contributed by atoms with Crippen molar-refractivity contribution in [3.63, 3.8) is 0 Å². The fourth-order valence-corrected chi connectivity index (χ4v) is 3.08. The van der Waals surface area contributed by atoms with Gasteiger partial charge in [-0.3, -0.25) is 0 Å². The van der Waals surface area contributed by atoms with Gasteiger partial charge in [0.25, 0.3) is 0 Å². The van der Waals surface area contributed by atoms with E-state index in [4.69, 9.17) is 0 Å². The van der Waals surface area contributed by atoms with Crippen LogP contribution in [0.25, 0.3) is 0 Å². The zero-order valence-corrected chi connectivity index (χ0v) is 11.8. The second kappa shape index (κ2) is 5.19. The van der Waals surface area contributed by atoms with Crippen LogP contribution in [0.2, 0.25) is 0 Å². The lowest BCUT2D eigenvalue weighted by Crippen LogP contribution is -2.35. The quantitative estimate of drug-likeness (QED) is 0.829. The summed E-state index contributed by atoms with van der Waals surface area (Å²) in [4.78, 5) is 0. The fraction of sp³-hybridized carbons (Fsp3) is 0.538. The molecule has 0 aliphatic rings. The predicted molar refractivity (Wildman–Crippen MR) is 71.2 cm³/mol. The lowest BCUT2D eigenvalue weighted by molar-refractivity contribution is 0.310. The van der Waals surface area contributed by atoms with Crippen LogP contribution in [-0.4, -0.2) is 26.3 Å². The molecule has 1 rings (SSSR count). The molecule has 4 heteroatoms. The van der Waals surface area contributed by atoms with E-state index in [2.05, 4.69) is 0 Å². The zero-order valence-electron chi connectivity index (χ0n) is 11.0. The maximum Gasteiger partial charge on any atom is 0.218 e. The van der Waals surface area contributed by atoms with Crippen molar-refractivity contribution in [1.82, 2.24) is 4.31 Å². The lowest BCUT2D eigenvalue weighted by Gasteiger charge is -2.26. The highest BCUT2D eigenvalue weighted by atomic mass is 32.2. The largest absolute Gasteiger partial charge is 0.218 e. The Hall–Kier alpha value is -0.870. The molecule has 0 aliphatic heterocycles. The van der Waals surface area contributed by atoms with Crippen molar-refractivity contribution < 1.29 is 8.42 Å². The summed E-state index contributed by atoms with van der Waals surface area (Å²) in [6, 6.07) is 9.27. The first kappa shape index (κ1) is 14.2. The minimum Gasteiger partial charge on any atom is -0.212 e. The molecule has 96 valence electrons. The SMILES string of the molecule is CN(CC(C)(C)C)S(=O)(=O)Cc1ccccc1. The molecule has 0 fully saturated rings. The molecule has 1 aromatic carbocycles. The number of hydrogen-bond donors (Lipinski definition) is 0. The van der Waals surface area contributed by atoms with Crippen molar-refractivity contribution in [3.05, 3.63) is 35.9 Å². The Bertz CT molecular complexity index is 446. The normalized spacial score (nSPS) is 13.0. The third-order valence-electron chi connectivity index (χ3n) is 2.36. The average Bonchev–Trinajstić information content (AvgIpc) is 2.15. The molecule has 0 bridgehead atoms. The molecule has 0 spiro atoms. The third kappa shape index (κ3) is 4.88. The van der Waals surface area contributed by atoms with Crippen molar-refractivity contribution in [2.75, 3.05) is 13.6 Å². The van der Waals surface area contributed by atoms with Gasteiger partial charge in [0.1, 0.15) is 0 Å². The van der Waals surface area contributed by atoms with Crippen molar-refractivity contribution in [1.29, 1.82) is 0 Å². The second-order valence-electron chi connectivity index (χ2n) is 5.56. The van der Waals surface area contributed by atoms with E-state index < -0.39 is 10.0 Å². The number of sulfonamides is 1. The van der Waals surface area contributed by atoms with Crippen LogP contribution >= 0.6 is 0 Å². The first-order chi connectivity index (χ1) is 7.71. The smallest absolute Gasteiger partial charge is 0.212 e. The maximum absolute atomic E-state index is 12.1. The average molecular weight is 255 g/mol. The Kier molecular flexibility index (Phi) is 4.33. The molecule has 0 heterocycles. The van der Waals surface area contributed by atoms with E-state index >= 15 is 0 Å². The van der Waals surface area contributed by atoms with E-state index in [-0.39, 0.29) is 11.2 Å². The third-order valence-corrected chi connectivity index (χ3v) is 4.14. The summed E-state index contributed by atoms with van der Waals surface area (Å²) in [7, 11) is -1.57. The summed E-state index contributed by atoms with van der Waals surface area (Å²) >= 11 is 0. The molecule has 0 aromatic heterocycles. The van der Waals surface area contributed by atoms with Gasteiger partial charge in [0.15, 0.2) is 0 Å². The monoisotopic (exact) mass is 255 g/mol. The van der Waals surface area contributed by atoms with Gasteiger partial charge < -0.3 is 0 Å². The molecule has 0 atom stereocenters. The molecular weight excluding hydrogens is 234 g/mol. The highest BCUT2D eigenvalue weighted by Gasteiger charge is 2.23. The van der Waals surface area contributed by atoms with E-state index in [1.54, 1.807) is 7.05 Å². The van der Waals surface area contributed by atoms with Gasteiger partial charge in [-0.1, -0.05) is 51.1 Å². The van der Waals surface area contributed by atoms with Gasteiger partial charge >= 0.3 is 0 Å². The summed E-state index contributed by atoms with van der Waals surface area (Å²) in [6.07, 6.45) is 0. The van der Waals surface area contributed by atoms with Crippen LogP contribution < -0.4 is 0 Å². The highest BCUT2D eigenvalue weighted by molar-refractivity contribution is 7.88. The van der Waals surface area contributed by atoms with Crippen LogP contribution in [0.3, 0.4) is 0 Å². The van der Waals surface area contributed by atoms with Crippen molar-refractivity contribution in [2.45, 2.75) is 26.5 Å². The maximum atomic E-state index is 12.1. The molecule has 0 amide bonds. The molecular formula is C13H21NO2S. The fourth-order valence-electron chi connectivity index (χ4n) is 1.66. The van der Waals surface area contributed by atoms with Gasteiger partial charge in [-0.25, -0.2) is 12.7 Å². The van der Waals surface area contributed by atoms with Gasteiger partial charge in [0.05, 0.1) is 5.75 Å². The molecule has 0 radical (unpaired) electrons. The number of nitrogens with zero attached hydrogens (tertiary/aromatic N) is 1. The van der Waals surface area contributed by atoms with E-state index in [1.165, 1.54) is 4.31 Å². The van der Waals surface area contributed by atoms with E-state index in [0.717, 1.165) is 5.56 Å². The van der Waals surface area contributed by atoms with Gasteiger partial charge in [-0.15, -0.1) is 0 Å². The first-order valence-electron chi connectivity index (χ1n) is 5.69. The minimum absolute atomic E-state index is 0.0293. The molecule has 0 saturated carbocycles. The van der Waals surface area contributed by atoms with Crippen LogP contribution in [-0.2, 0) is 15.8 Å². The first-order valence-corrected chi connectivity index (χ1v) is 7.29. The summed E-state index contributed by atoms with van der Waals surface area (Å²) < 4.78 is 25.7. The molecule has 0 N–H and O–H groups in total. The van der Waals surface area contributed by atoms with Crippen LogP contribution in [0.1, 0.15) is 26.3 Å². The van der Waals surface area contributed by atoms with E-state index in [1.807, 2.05) is 51.1 Å². The summed E-state index contributed by atoms with van der Waals surface area (Å²) in [6.45, 7) is 6.62. The molecule has 0 saturated heterocycles. The Labute approximate surface area is 105 Å². The minimum atomic E-state index is -3.21. The van der Waals surface area contributed by atoms with Crippen molar-refractivity contribution >= 4 is 10.0 Å². The van der Waals surface area contributed by atoms with Crippen LogP contribution in [0.4, 0.5) is 0 Å². The Balaban J connectivity index is 2.76. The zero-order chi connectivity index (χ0) is 13.1. The Morgan fingerprint density at radius 3 is 2.12 bits per heavy atom. The van der Waals surface area contributed by atoms with Crippen LogP contribution in [0, 0.1) is 5.41 Å². The van der Waals surface area contributed by atoms with Crippen LogP contribution in [0.15, 0.2) is 30.3 Å². The summed E-state index contributed by atoms with van der Waals surface area (Å²) in [5.41, 5.74) is 0.798. The molecule has 17 heavy (non-hydrogen) atoms. The van der Waals surface area contributed by atoms with Gasteiger partial charge in [-0.05, 0) is 11.0 Å². The number of rotatable bonds is 4. The van der Waals surface area contributed by atoms with E-state index in [9.17, 15) is 8.42 Å². The molecule has 0 aliphatic carbocycles. The highest BCUT2D eigenvalue weighted by Crippen LogP contribution is 2.18. The van der Waals surface area contributed by atoms with Gasteiger partial charge in [0.2, 0.25) is 10.0 Å². The predicted octanol–water partition coefficient (Wildman–Crippen LogP) is 2.49. The van der Waals surface area contributed by atoms with E-state index in [0.29, 0.717) is 6.54 Å². The lowest BCUT2D eigenvalue weighted by atomic mass is 9.97. The number of hydrogen-bond acceptors (Lipinski definition) is 2. The van der Waals surface area contributed by atoms with Gasteiger partial charge in [0, 0.05) is 13.6 Å². The Morgan fingerprint density at radius 2 is 1.65 bits per heavy atom.